The molecule has 6 heteroatoms. The monoisotopic (exact) mass is 633 g/mol. The fourth-order valence-electron chi connectivity index (χ4n) is 7.18. The largest absolute Gasteiger partial charge is 0.418 e. The molecule has 3 nitrogen and oxygen atoms in total. The summed E-state index contributed by atoms with van der Waals surface area (Å²) in [6, 6.07) is 36.1. The molecule has 0 aliphatic heterocycles. The van der Waals surface area contributed by atoms with Crippen molar-refractivity contribution in [2.45, 2.75) is 33.9 Å². The van der Waals surface area contributed by atoms with Crippen LogP contribution >= 0.6 is 0 Å². The van der Waals surface area contributed by atoms with Gasteiger partial charge in [0, 0.05) is 27.1 Å². The molecule has 0 saturated carbocycles. The Labute approximate surface area is 275 Å². The van der Waals surface area contributed by atoms with E-state index in [0.717, 1.165) is 54.8 Å². The Morgan fingerprint density at radius 2 is 0.958 bits per heavy atom. The predicted molar refractivity (Wildman–Crippen MR) is 189 cm³/mol. The molecule has 0 unspecified atom stereocenters. The lowest BCUT2D eigenvalue weighted by atomic mass is 9.97. The maximum atomic E-state index is 15.5. The van der Waals surface area contributed by atoms with Crippen LogP contribution in [0.15, 0.2) is 109 Å². The Balaban J connectivity index is 1.57. The molecular weight excluding hydrogens is 603 g/mol. The molecule has 0 saturated heterocycles. The minimum Gasteiger partial charge on any atom is -0.309 e. The topological polar surface area (TPSA) is 33.6 Å². The van der Waals surface area contributed by atoms with Crippen molar-refractivity contribution in [1.82, 2.24) is 9.13 Å². The van der Waals surface area contributed by atoms with Gasteiger partial charge in [0.2, 0.25) is 0 Å². The van der Waals surface area contributed by atoms with Crippen LogP contribution in [0.5, 0.6) is 0 Å². The maximum Gasteiger partial charge on any atom is 0.418 e. The second-order valence-corrected chi connectivity index (χ2v) is 12.8. The molecule has 6 aromatic carbocycles. The molecule has 0 aliphatic carbocycles. The van der Waals surface area contributed by atoms with Gasteiger partial charge in [-0.2, -0.15) is 18.4 Å². The number of fused-ring (bicyclic) bond motifs is 6. The summed E-state index contributed by atoms with van der Waals surface area (Å²) in [4.78, 5) is 0. The van der Waals surface area contributed by atoms with Crippen molar-refractivity contribution in [3.63, 3.8) is 0 Å². The van der Waals surface area contributed by atoms with Crippen LogP contribution in [0.1, 0.15) is 33.4 Å². The van der Waals surface area contributed by atoms with Crippen molar-refractivity contribution < 1.29 is 13.2 Å². The molecule has 0 fully saturated rings. The highest BCUT2D eigenvalue weighted by atomic mass is 19.4. The lowest BCUT2D eigenvalue weighted by Gasteiger charge is -2.22. The number of aromatic nitrogens is 2. The second kappa shape index (κ2) is 10.6. The summed E-state index contributed by atoms with van der Waals surface area (Å²) in [7, 11) is 0. The van der Waals surface area contributed by atoms with E-state index < -0.39 is 11.7 Å². The average molecular weight is 634 g/mol. The van der Waals surface area contributed by atoms with E-state index in [1.807, 2.05) is 99.0 Å². The molecule has 0 spiro atoms. The van der Waals surface area contributed by atoms with Gasteiger partial charge in [0.1, 0.15) is 0 Å². The standard InChI is InChI=1S/C42H30F3N3/c1-24-8-12-36-31(16-24)32-17-25(2)9-13-37(32)47(36)40-22-35(42(43,44)45)41(21-30(40)29-7-5-6-28(20-29)23-46)48-38-14-10-26(3)18-33(38)34-19-27(4)11-15-39(34)48/h5-22H,1-4H3. The summed E-state index contributed by atoms with van der Waals surface area (Å²) < 4.78 is 50.2. The van der Waals surface area contributed by atoms with Crippen molar-refractivity contribution >= 4 is 43.6 Å². The predicted octanol–water partition coefficient (Wildman–Crippen LogP) is 11.7. The van der Waals surface area contributed by atoms with Gasteiger partial charge in [-0.1, -0.05) is 58.7 Å². The fourth-order valence-corrected chi connectivity index (χ4v) is 7.18. The maximum absolute atomic E-state index is 15.5. The zero-order valence-corrected chi connectivity index (χ0v) is 26.9. The lowest BCUT2D eigenvalue weighted by Crippen LogP contribution is -2.13. The molecule has 0 radical (unpaired) electrons. The normalized spacial score (nSPS) is 12.0. The molecular formula is C42H30F3N3. The first-order valence-corrected chi connectivity index (χ1v) is 15.8. The van der Waals surface area contributed by atoms with Crippen molar-refractivity contribution in [3.05, 3.63) is 143 Å². The van der Waals surface area contributed by atoms with Gasteiger partial charge < -0.3 is 9.13 Å². The second-order valence-electron chi connectivity index (χ2n) is 12.8. The van der Waals surface area contributed by atoms with Crippen LogP contribution < -0.4 is 0 Å². The van der Waals surface area contributed by atoms with Crippen LogP contribution in [0.3, 0.4) is 0 Å². The van der Waals surface area contributed by atoms with E-state index in [2.05, 4.69) is 18.2 Å². The highest BCUT2D eigenvalue weighted by molar-refractivity contribution is 6.11. The van der Waals surface area contributed by atoms with Gasteiger partial charge in [-0.3, -0.25) is 0 Å². The summed E-state index contributed by atoms with van der Waals surface area (Å²) in [5, 5.41) is 13.6. The third kappa shape index (κ3) is 4.57. The van der Waals surface area contributed by atoms with Crippen LogP contribution in [0.25, 0.3) is 66.1 Å². The first-order valence-electron chi connectivity index (χ1n) is 15.8. The van der Waals surface area contributed by atoms with E-state index in [1.54, 1.807) is 28.8 Å². The van der Waals surface area contributed by atoms with Crippen LogP contribution in [-0.4, -0.2) is 9.13 Å². The van der Waals surface area contributed by atoms with E-state index in [9.17, 15) is 5.26 Å². The third-order valence-electron chi connectivity index (χ3n) is 9.36. The molecule has 0 bridgehead atoms. The summed E-state index contributed by atoms with van der Waals surface area (Å²) in [6.07, 6.45) is -4.68. The number of hydrogen-bond acceptors (Lipinski definition) is 1. The van der Waals surface area contributed by atoms with Gasteiger partial charge >= 0.3 is 6.18 Å². The van der Waals surface area contributed by atoms with E-state index in [1.165, 1.54) is 6.07 Å². The van der Waals surface area contributed by atoms with Gasteiger partial charge in [0.25, 0.3) is 0 Å². The van der Waals surface area contributed by atoms with Crippen LogP contribution in [0, 0.1) is 39.0 Å². The number of aryl methyl sites for hydroxylation is 4. The average Bonchev–Trinajstić information content (AvgIpc) is 3.54. The molecule has 8 rings (SSSR count). The molecule has 0 N–H and O–H groups in total. The highest BCUT2D eigenvalue weighted by Crippen LogP contribution is 2.45. The number of nitrogens with zero attached hydrogens (tertiary/aromatic N) is 3. The van der Waals surface area contributed by atoms with E-state index in [-0.39, 0.29) is 5.69 Å². The summed E-state index contributed by atoms with van der Waals surface area (Å²) in [5.41, 5.74) is 8.53. The number of halogens is 3. The quantitative estimate of drug-likeness (QED) is 0.191. The minimum atomic E-state index is -4.68. The first-order chi connectivity index (χ1) is 23.0. The van der Waals surface area contributed by atoms with Gasteiger partial charge in [-0.15, -0.1) is 0 Å². The van der Waals surface area contributed by atoms with Gasteiger partial charge in [-0.05, 0) is 106 Å². The molecule has 8 aromatic rings. The molecule has 234 valence electrons. The van der Waals surface area contributed by atoms with Gasteiger partial charge in [0.05, 0.1) is 50.6 Å². The Morgan fingerprint density at radius 1 is 0.521 bits per heavy atom. The number of alkyl halides is 3. The first kappa shape index (κ1) is 29.6. The SMILES string of the molecule is Cc1ccc2c(c1)c1cc(C)ccc1n2-c1cc(C(F)(F)F)c(-n2c3ccc(C)cc3c3cc(C)ccc32)cc1-c1cccc(C#N)c1. The molecule has 0 amide bonds. The molecule has 48 heavy (non-hydrogen) atoms. The Hall–Kier alpha value is -5.80. The van der Waals surface area contributed by atoms with E-state index >= 15 is 13.2 Å². The minimum absolute atomic E-state index is 0.0313. The van der Waals surface area contributed by atoms with E-state index in [0.29, 0.717) is 33.4 Å². The summed E-state index contributed by atoms with van der Waals surface area (Å²) in [6.45, 7) is 8.01. The van der Waals surface area contributed by atoms with Gasteiger partial charge in [0.15, 0.2) is 0 Å². The zero-order valence-electron chi connectivity index (χ0n) is 26.9. The van der Waals surface area contributed by atoms with Crippen molar-refractivity contribution in [2.75, 3.05) is 0 Å². The van der Waals surface area contributed by atoms with Crippen molar-refractivity contribution in [3.8, 4) is 28.6 Å². The Bertz CT molecular complexity index is 2540. The number of hydrogen-bond donors (Lipinski definition) is 0. The number of benzene rings is 6. The molecule has 0 atom stereocenters. The third-order valence-corrected chi connectivity index (χ3v) is 9.36. The van der Waals surface area contributed by atoms with Gasteiger partial charge in [-0.25, -0.2) is 0 Å². The summed E-state index contributed by atoms with van der Waals surface area (Å²) in [5.74, 6) is 0. The highest BCUT2D eigenvalue weighted by Gasteiger charge is 2.36. The van der Waals surface area contributed by atoms with Crippen molar-refractivity contribution in [1.29, 1.82) is 5.26 Å². The Morgan fingerprint density at radius 3 is 1.38 bits per heavy atom. The Kier molecular flexibility index (Phi) is 6.54. The number of rotatable bonds is 3. The van der Waals surface area contributed by atoms with Crippen LogP contribution in [0.4, 0.5) is 13.2 Å². The molecule has 2 heterocycles. The lowest BCUT2D eigenvalue weighted by molar-refractivity contribution is -0.137. The van der Waals surface area contributed by atoms with Crippen LogP contribution in [0.2, 0.25) is 0 Å². The summed E-state index contributed by atoms with van der Waals surface area (Å²) >= 11 is 0. The molecule has 2 aromatic heterocycles. The smallest absolute Gasteiger partial charge is 0.309 e. The zero-order chi connectivity index (χ0) is 33.5. The number of nitriles is 1. The van der Waals surface area contributed by atoms with E-state index in [4.69, 9.17) is 0 Å². The molecule has 0 aliphatic rings. The fraction of sp³-hybridized carbons (Fsp3) is 0.119. The van der Waals surface area contributed by atoms with Crippen LogP contribution in [-0.2, 0) is 6.18 Å². The van der Waals surface area contributed by atoms with Crippen molar-refractivity contribution in [2.24, 2.45) is 0 Å².